The van der Waals surface area contributed by atoms with Crippen LogP contribution in [-0.4, -0.2) is 63.8 Å². The van der Waals surface area contributed by atoms with Crippen molar-refractivity contribution >= 4 is 34.1 Å². The smallest absolute Gasteiger partial charge is 0.257 e. The number of para-hydroxylation sites is 1. The quantitative estimate of drug-likeness (QED) is 0.165. The molecule has 11 heteroatoms. The number of carbonyl (C=O) groups excluding carboxylic acids is 2. The summed E-state index contributed by atoms with van der Waals surface area (Å²) in [4.78, 5) is 37.9. The number of likely N-dealkylation sites (tertiary alicyclic amines) is 1. The van der Waals surface area contributed by atoms with Crippen molar-refractivity contribution in [2.24, 2.45) is 0 Å². The van der Waals surface area contributed by atoms with E-state index in [0.29, 0.717) is 28.7 Å². The van der Waals surface area contributed by atoms with Crippen LogP contribution in [0.5, 0.6) is 11.5 Å². The maximum atomic E-state index is 13.7. The summed E-state index contributed by atoms with van der Waals surface area (Å²) in [5.41, 5.74) is 5.82. The van der Waals surface area contributed by atoms with E-state index >= 15 is 0 Å². The predicted octanol–water partition coefficient (Wildman–Crippen LogP) is 6.72. The largest absolute Gasteiger partial charge is 0.493 e. The number of rotatable bonds is 10. The number of benzene rings is 4. The van der Waals surface area contributed by atoms with Crippen LogP contribution < -0.4 is 20.1 Å². The number of hydrogen-bond donors (Lipinski definition) is 2. The summed E-state index contributed by atoms with van der Waals surface area (Å²) in [6.45, 7) is 2.89. The van der Waals surface area contributed by atoms with Crippen molar-refractivity contribution in [3.8, 4) is 17.2 Å². The number of ether oxygens (including phenoxy) is 2. The topological polar surface area (TPSA) is 123 Å². The van der Waals surface area contributed by atoms with Crippen LogP contribution in [0.15, 0.2) is 110 Å². The molecule has 0 spiro atoms. The number of pyridine rings is 1. The van der Waals surface area contributed by atoms with Gasteiger partial charge >= 0.3 is 0 Å². The number of nitrogens with zero attached hydrogens (tertiary/aromatic N) is 5. The molecular formula is C39H37N7O4. The molecular weight excluding hydrogens is 630 g/mol. The first-order chi connectivity index (χ1) is 24.5. The Hall–Kier alpha value is -6.07. The standard InChI is InChI=1S/C39H37N7O4/c1-49-36-20-33(35(21-37(36)50-2)44-38(47)30-19-29-7-3-4-9-34(29)41-22-30)39(48)43-31-12-10-27(11-13-31)28-14-16-45(17-15-28)23-26-6-5-8-32(18-26)46-25-40-24-42-46/h3-13,18-22,24-25,28H,14-17,23H2,1-2H3,(H,43,48)(H,44,47). The van der Waals surface area contributed by atoms with Crippen molar-refractivity contribution in [2.45, 2.75) is 25.3 Å². The lowest BCUT2D eigenvalue weighted by Gasteiger charge is -2.32. The molecule has 2 N–H and O–H groups in total. The van der Waals surface area contributed by atoms with Crippen LogP contribution in [0.25, 0.3) is 16.6 Å². The minimum absolute atomic E-state index is 0.230. The van der Waals surface area contributed by atoms with Crippen LogP contribution >= 0.6 is 0 Å². The minimum Gasteiger partial charge on any atom is -0.493 e. The Morgan fingerprint density at radius 2 is 1.62 bits per heavy atom. The molecule has 1 aliphatic rings. The van der Waals surface area contributed by atoms with Gasteiger partial charge in [-0.2, -0.15) is 5.10 Å². The molecule has 252 valence electrons. The van der Waals surface area contributed by atoms with E-state index in [2.05, 4.69) is 60.9 Å². The van der Waals surface area contributed by atoms with E-state index in [9.17, 15) is 9.59 Å². The summed E-state index contributed by atoms with van der Waals surface area (Å²) in [7, 11) is 3.00. The molecule has 2 aromatic heterocycles. The van der Waals surface area contributed by atoms with Crippen LogP contribution in [0, 0.1) is 0 Å². The molecule has 0 unspecified atom stereocenters. The number of hydrogen-bond acceptors (Lipinski definition) is 8. The molecule has 2 amide bonds. The molecule has 3 heterocycles. The summed E-state index contributed by atoms with van der Waals surface area (Å²) >= 11 is 0. The zero-order valence-electron chi connectivity index (χ0n) is 27.9. The van der Waals surface area contributed by atoms with Gasteiger partial charge in [0, 0.05) is 29.9 Å². The number of amides is 2. The predicted molar refractivity (Wildman–Crippen MR) is 192 cm³/mol. The summed E-state index contributed by atoms with van der Waals surface area (Å²) < 4.78 is 12.7. The van der Waals surface area contributed by atoms with Crippen molar-refractivity contribution in [1.82, 2.24) is 24.6 Å². The summed E-state index contributed by atoms with van der Waals surface area (Å²) in [5, 5.41) is 10.9. The first-order valence-electron chi connectivity index (χ1n) is 16.5. The van der Waals surface area contributed by atoms with Gasteiger partial charge in [0.2, 0.25) is 0 Å². The maximum Gasteiger partial charge on any atom is 0.257 e. The molecule has 50 heavy (non-hydrogen) atoms. The molecule has 1 saturated heterocycles. The molecule has 0 bridgehead atoms. The fourth-order valence-corrected chi connectivity index (χ4v) is 6.42. The highest BCUT2D eigenvalue weighted by Gasteiger charge is 2.22. The van der Waals surface area contributed by atoms with E-state index in [-0.39, 0.29) is 11.3 Å². The van der Waals surface area contributed by atoms with E-state index < -0.39 is 11.8 Å². The molecule has 1 fully saturated rings. The van der Waals surface area contributed by atoms with E-state index in [1.165, 1.54) is 31.5 Å². The lowest BCUT2D eigenvalue weighted by Crippen LogP contribution is -2.32. The van der Waals surface area contributed by atoms with Crippen molar-refractivity contribution in [2.75, 3.05) is 37.9 Å². The molecule has 0 atom stereocenters. The SMILES string of the molecule is COc1cc(NC(=O)c2cnc3ccccc3c2)c(C(=O)Nc2ccc(C3CCN(Cc4cccc(-n5cncn5)c4)CC3)cc2)cc1OC. The Labute approximate surface area is 289 Å². The van der Waals surface area contributed by atoms with Crippen LogP contribution in [0.2, 0.25) is 0 Å². The molecule has 0 radical (unpaired) electrons. The normalized spacial score (nSPS) is 13.6. The lowest BCUT2D eigenvalue weighted by atomic mass is 9.89. The average Bonchev–Trinajstić information content (AvgIpc) is 3.71. The zero-order chi connectivity index (χ0) is 34.5. The van der Waals surface area contributed by atoms with Crippen LogP contribution in [0.4, 0.5) is 11.4 Å². The van der Waals surface area contributed by atoms with Gasteiger partial charge in [-0.05, 0) is 85.4 Å². The number of nitrogens with one attached hydrogen (secondary N) is 2. The Morgan fingerprint density at radius 3 is 2.38 bits per heavy atom. The maximum absolute atomic E-state index is 13.7. The Balaban J connectivity index is 1.00. The van der Waals surface area contributed by atoms with Crippen molar-refractivity contribution in [3.63, 3.8) is 0 Å². The second-order valence-corrected chi connectivity index (χ2v) is 12.3. The van der Waals surface area contributed by atoms with Gasteiger partial charge in [0.1, 0.15) is 12.7 Å². The lowest BCUT2D eigenvalue weighted by molar-refractivity contribution is 0.102. The highest BCUT2D eigenvalue weighted by atomic mass is 16.5. The highest BCUT2D eigenvalue weighted by Crippen LogP contribution is 2.35. The third-order valence-electron chi connectivity index (χ3n) is 9.10. The summed E-state index contributed by atoms with van der Waals surface area (Å²) in [6.07, 6.45) is 6.87. The monoisotopic (exact) mass is 667 g/mol. The van der Waals surface area contributed by atoms with E-state index in [1.807, 2.05) is 42.5 Å². The van der Waals surface area contributed by atoms with Crippen LogP contribution in [0.1, 0.15) is 50.6 Å². The first kappa shape index (κ1) is 32.5. The van der Waals surface area contributed by atoms with Crippen LogP contribution in [-0.2, 0) is 6.54 Å². The number of aromatic nitrogens is 4. The molecule has 0 aliphatic carbocycles. The third-order valence-corrected chi connectivity index (χ3v) is 9.10. The summed E-state index contributed by atoms with van der Waals surface area (Å²) in [5.74, 6) is 0.390. The van der Waals surface area contributed by atoms with Crippen molar-refractivity contribution < 1.29 is 19.1 Å². The molecule has 0 saturated carbocycles. The Morgan fingerprint density at radius 1 is 0.840 bits per heavy atom. The molecule has 4 aromatic carbocycles. The number of carbonyl (C=O) groups is 2. The molecule has 11 nitrogen and oxygen atoms in total. The third kappa shape index (κ3) is 7.18. The Kier molecular flexibility index (Phi) is 9.48. The highest BCUT2D eigenvalue weighted by molar-refractivity contribution is 6.13. The number of fused-ring (bicyclic) bond motifs is 1. The fourth-order valence-electron chi connectivity index (χ4n) is 6.42. The first-order valence-corrected chi connectivity index (χ1v) is 16.5. The number of methoxy groups -OCH3 is 2. The van der Waals surface area contributed by atoms with Gasteiger partial charge in [0.15, 0.2) is 11.5 Å². The molecule has 1 aliphatic heterocycles. The van der Waals surface area contributed by atoms with Gasteiger partial charge in [-0.25, -0.2) is 9.67 Å². The van der Waals surface area contributed by atoms with Crippen molar-refractivity contribution in [3.05, 3.63) is 132 Å². The van der Waals surface area contributed by atoms with Crippen LogP contribution in [0.3, 0.4) is 0 Å². The van der Waals surface area contributed by atoms with Gasteiger partial charge in [-0.1, -0.05) is 42.5 Å². The van der Waals surface area contributed by atoms with E-state index in [0.717, 1.165) is 49.1 Å². The van der Waals surface area contributed by atoms with Gasteiger partial charge in [0.05, 0.1) is 42.2 Å². The van der Waals surface area contributed by atoms with E-state index in [1.54, 1.807) is 35.5 Å². The molecule has 7 rings (SSSR count). The second kappa shape index (κ2) is 14.6. The van der Waals surface area contributed by atoms with Crippen molar-refractivity contribution in [1.29, 1.82) is 0 Å². The summed E-state index contributed by atoms with van der Waals surface area (Å²) in [6, 6.07) is 28.9. The minimum atomic E-state index is -0.403. The number of piperidine rings is 1. The number of anilines is 2. The van der Waals surface area contributed by atoms with E-state index in [4.69, 9.17) is 9.47 Å². The molecule has 6 aromatic rings. The van der Waals surface area contributed by atoms with Gasteiger partial charge < -0.3 is 20.1 Å². The fraction of sp³-hybridized carbons (Fsp3) is 0.205. The second-order valence-electron chi connectivity index (χ2n) is 12.3. The van der Waals surface area contributed by atoms with Gasteiger partial charge in [-0.3, -0.25) is 19.5 Å². The van der Waals surface area contributed by atoms with Gasteiger partial charge in [0.25, 0.3) is 11.8 Å². The zero-order valence-corrected chi connectivity index (χ0v) is 27.9. The Bertz CT molecular complexity index is 2130. The average molecular weight is 668 g/mol. The van der Waals surface area contributed by atoms with Gasteiger partial charge in [-0.15, -0.1) is 0 Å².